The van der Waals surface area contributed by atoms with Gasteiger partial charge in [0.25, 0.3) is 0 Å². The average molecular weight is 537 g/mol. The van der Waals surface area contributed by atoms with Crippen LogP contribution >= 0.6 is 0 Å². The molecule has 208 valence electrons. The van der Waals surface area contributed by atoms with Crippen LogP contribution in [0.2, 0.25) is 0 Å². The summed E-state index contributed by atoms with van der Waals surface area (Å²) in [6, 6.07) is 13.0. The number of aliphatic hydroxyl groups excluding tert-OH is 1. The van der Waals surface area contributed by atoms with Crippen LogP contribution in [0, 0.1) is 11.7 Å². The summed E-state index contributed by atoms with van der Waals surface area (Å²) in [6.07, 6.45) is 1.33. The first-order valence-electron chi connectivity index (χ1n) is 13.1. The van der Waals surface area contributed by atoms with Gasteiger partial charge in [0.05, 0.1) is 25.3 Å². The van der Waals surface area contributed by atoms with Gasteiger partial charge in [-0.1, -0.05) is 30.3 Å². The zero-order valence-electron chi connectivity index (χ0n) is 23.4. The number of carboxylic acid groups (broad SMARTS) is 1. The van der Waals surface area contributed by atoms with Crippen molar-refractivity contribution in [3.8, 4) is 22.8 Å². The summed E-state index contributed by atoms with van der Waals surface area (Å²) in [5, 5.41) is 19.8. The molecule has 1 aliphatic rings. The molecule has 3 atom stereocenters. The molecule has 2 heterocycles. The Kier molecular flexibility index (Phi) is 8.28. The molecule has 0 spiro atoms. The molecule has 4 rings (SSSR count). The van der Waals surface area contributed by atoms with E-state index in [-0.39, 0.29) is 11.6 Å². The Labute approximate surface area is 229 Å². The van der Waals surface area contributed by atoms with Gasteiger partial charge in [-0.3, -0.25) is 9.69 Å². The van der Waals surface area contributed by atoms with E-state index < -0.39 is 23.8 Å². The van der Waals surface area contributed by atoms with E-state index in [9.17, 15) is 19.4 Å². The maximum absolute atomic E-state index is 15.0. The number of aliphatic hydroxyl groups is 1. The summed E-state index contributed by atoms with van der Waals surface area (Å²) in [7, 11) is 3.55. The van der Waals surface area contributed by atoms with Crippen LogP contribution in [0.25, 0.3) is 11.1 Å². The number of methoxy groups -OCH3 is 1. The second kappa shape index (κ2) is 11.3. The number of aromatic nitrogens is 1. The molecule has 2 aromatic carbocycles. The summed E-state index contributed by atoms with van der Waals surface area (Å²) < 4.78 is 26.6. The van der Waals surface area contributed by atoms with Crippen LogP contribution in [-0.4, -0.2) is 45.8 Å². The number of aryl methyl sites for hydroxylation is 1. The normalized spacial score (nSPS) is 16.8. The summed E-state index contributed by atoms with van der Waals surface area (Å²) >= 11 is 0. The fraction of sp³-hybridized carbons (Fsp3) is 0.419. The van der Waals surface area contributed by atoms with Gasteiger partial charge in [0.15, 0.2) is 0 Å². The van der Waals surface area contributed by atoms with E-state index in [0.29, 0.717) is 29.3 Å². The van der Waals surface area contributed by atoms with Crippen LogP contribution in [0.15, 0.2) is 48.7 Å². The van der Waals surface area contributed by atoms with E-state index in [1.807, 2.05) is 25.2 Å². The molecular formula is C31H37FN2O5. The van der Waals surface area contributed by atoms with Crippen molar-refractivity contribution < 1.29 is 28.9 Å². The molecule has 0 saturated heterocycles. The average Bonchev–Trinajstić information content (AvgIpc) is 2.91. The molecule has 2 N–H and O–H groups in total. The zero-order valence-corrected chi connectivity index (χ0v) is 23.4. The van der Waals surface area contributed by atoms with Gasteiger partial charge in [-0.2, -0.15) is 0 Å². The Morgan fingerprint density at radius 3 is 2.62 bits per heavy atom. The molecule has 3 aromatic rings. The highest BCUT2D eigenvalue weighted by Crippen LogP contribution is 2.39. The van der Waals surface area contributed by atoms with Crippen molar-refractivity contribution in [2.45, 2.75) is 64.8 Å². The molecule has 0 fully saturated rings. The molecule has 8 heteroatoms. The Morgan fingerprint density at radius 1 is 1.21 bits per heavy atom. The van der Waals surface area contributed by atoms with Gasteiger partial charge in [0.2, 0.25) is 5.88 Å². The van der Waals surface area contributed by atoms with E-state index >= 15 is 0 Å². The highest BCUT2D eigenvalue weighted by atomic mass is 19.1. The van der Waals surface area contributed by atoms with Crippen LogP contribution in [0.3, 0.4) is 0 Å². The first-order valence-corrected chi connectivity index (χ1v) is 13.1. The molecule has 7 nitrogen and oxygen atoms in total. The van der Waals surface area contributed by atoms with Gasteiger partial charge in [-0.25, -0.2) is 9.37 Å². The van der Waals surface area contributed by atoms with Gasteiger partial charge in [0, 0.05) is 23.7 Å². The third kappa shape index (κ3) is 6.23. The van der Waals surface area contributed by atoms with E-state index in [0.717, 1.165) is 35.1 Å². The second-order valence-electron chi connectivity index (χ2n) is 11.2. The van der Waals surface area contributed by atoms with Crippen LogP contribution in [0.1, 0.15) is 68.6 Å². The number of aliphatic carboxylic acids is 1. The van der Waals surface area contributed by atoms with Crippen molar-refractivity contribution in [3.05, 3.63) is 76.7 Å². The minimum atomic E-state index is -1.14. The number of rotatable bonds is 8. The lowest BCUT2D eigenvalue weighted by atomic mass is 9.90. The number of ether oxygens (including phenoxy) is 2. The molecule has 0 aliphatic carbocycles. The Hall–Kier alpha value is -3.49. The van der Waals surface area contributed by atoms with Crippen molar-refractivity contribution in [2.75, 3.05) is 14.2 Å². The number of pyridine rings is 1. The number of hydrogen-bond donors (Lipinski definition) is 2. The first-order chi connectivity index (χ1) is 18.4. The standard InChI is InChI=1S/C31H37FN2O5/c1-18(30(36)37)29(35)21-8-7-19-10-12-26(39-27(19)14-21)20-9-11-23(22(13-20)17-34(5)31(2,3)4)24-15-28(38-6)33-16-25(24)32/h7-9,11,13-16,18,26,29,35H,10,12,17H2,1-6H3,(H,36,37)/t18-,26?,29+/m0/s1. The second-order valence-corrected chi connectivity index (χ2v) is 11.2. The molecule has 0 saturated carbocycles. The molecule has 0 amide bonds. The van der Waals surface area contributed by atoms with Crippen molar-refractivity contribution in [3.63, 3.8) is 0 Å². The van der Waals surface area contributed by atoms with Crippen molar-refractivity contribution in [1.82, 2.24) is 9.88 Å². The van der Waals surface area contributed by atoms with E-state index in [2.05, 4.69) is 36.7 Å². The highest BCUT2D eigenvalue weighted by Gasteiger charge is 2.28. The Balaban J connectivity index is 1.70. The van der Waals surface area contributed by atoms with Gasteiger partial charge >= 0.3 is 5.97 Å². The minimum Gasteiger partial charge on any atom is -0.485 e. The fourth-order valence-corrected chi connectivity index (χ4v) is 4.67. The zero-order chi connectivity index (χ0) is 28.5. The van der Waals surface area contributed by atoms with Crippen molar-refractivity contribution in [2.24, 2.45) is 5.92 Å². The molecular weight excluding hydrogens is 499 g/mol. The number of nitrogens with zero attached hydrogens (tertiary/aromatic N) is 2. The maximum atomic E-state index is 15.0. The monoisotopic (exact) mass is 536 g/mol. The molecule has 1 unspecified atom stereocenters. The lowest BCUT2D eigenvalue weighted by Crippen LogP contribution is -2.37. The van der Waals surface area contributed by atoms with Crippen LogP contribution in [-0.2, 0) is 17.8 Å². The molecule has 0 bridgehead atoms. The van der Waals surface area contributed by atoms with Gasteiger partial charge in [0.1, 0.15) is 17.7 Å². The third-order valence-electron chi connectivity index (χ3n) is 7.62. The lowest BCUT2D eigenvalue weighted by molar-refractivity contribution is -0.145. The quantitative estimate of drug-likeness (QED) is 0.368. The predicted octanol–water partition coefficient (Wildman–Crippen LogP) is 5.95. The number of hydrogen-bond acceptors (Lipinski definition) is 6. The van der Waals surface area contributed by atoms with Gasteiger partial charge in [-0.05, 0) is 81.5 Å². The molecule has 39 heavy (non-hydrogen) atoms. The summed E-state index contributed by atoms with van der Waals surface area (Å²) in [6.45, 7) is 8.46. The minimum absolute atomic E-state index is 0.105. The molecule has 1 aliphatic heterocycles. The van der Waals surface area contributed by atoms with Gasteiger partial charge < -0.3 is 19.7 Å². The van der Waals surface area contributed by atoms with Crippen LogP contribution in [0.4, 0.5) is 4.39 Å². The third-order valence-corrected chi connectivity index (χ3v) is 7.62. The SMILES string of the molecule is COc1cc(-c2ccc(C3CCc4ccc([C@H](O)[C@H](C)C(=O)O)cc4O3)cc2CN(C)C(C)(C)C)c(F)cn1. The Morgan fingerprint density at radius 2 is 1.95 bits per heavy atom. The summed E-state index contributed by atoms with van der Waals surface area (Å²) in [5.41, 5.74) is 4.52. The number of carboxylic acids is 1. The molecule has 1 aromatic heterocycles. The largest absolute Gasteiger partial charge is 0.485 e. The number of fused-ring (bicyclic) bond motifs is 1. The fourth-order valence-electron chi connectivity index (χ4n) is 4.67. The van der Waals surface area contributed by atoms with E-state index in [4.69, 9.17) is 9.47 Å². The summed E-state index contributed by atoms with van der Waals surface area (Å²) in [5.74, 6) is -1.44. The van der Waals surface area contributed by atoms with Crippen molar-refractivity contribution >= 4 is 5.97 Å². The van der Waals surface area contributed by atoms with Crippen LogP contribution < -0.4 is 9.47 Å². The Bertz CT molecular complexity index is 1350. The lowest BCUT2D eigenvalue weighted by Gasteiger charge is -2.33. The predicted molar refractivity (Wildman–Crippen MR) is 147 cm³/mol. The topological polar surface area (TPSA) is 92.1 Å². The number of carbonyl (C=O) groups is 1. The summed E-state index contributed by atoms with van der Waals surface area (Å²) in [4.78, 5) is 17.6. The van der Waals surface area contributed by atoms with E-state index in [1.54, 1.807) is 18.2 Å². The maximum Gasteiger partial charge on any atom is 0.309 e. The van der Waals surface area contributed by atoms with E-state index in [1.165, 1.54) is 20.2 Å². The molecule has 0 radical (unpaired) electrons. The highest BCUT2D eigenvalue weighted by molar-refractivity contribution is 5.71. The van der Waals surface area contributed by atoms with Gasteiger partial charge in [-0.15, -0.1) is 0 Å². The number of halogens is 1. The van der Waals surface area contributed by atoms with Crippen molar-refractivity contribution in [1.29, 1.82) is 0 Å². The van der Waals surface area contributed by atoms with Crippen LogP contribution in [0.5, 0.6) is 11.6 Å². The first kappa shape index (κ1) is 28.5. The number of benzene rings is 2. The smallest absolute Gasteiger partial charge is 0.309 e.